The summed E-state index contributed by atoms with van der Waals surface area (Å²) in [7, 11) is -1.57. The quantitative estimate of drug-likeness (QED) is 0.906. The van der Waals surface area contributed by atoms with Crippen molar-refractivity contribution >= 4 is 10.0 Å². The Kier molecular flexibility index (Phi) is 4.90. The van der Waals surface area contributed by atoms with Crippen LogP contribution < -0.4 is 5.32 Å². The number of pyridine rings is 1. The van der Waals surface area contributed by atoms with Gasteiger partial charge in [-0.1, -0.05) is 18.9 Å². The van der Waals surface area contributed by atoms with Crippen LogP contribution in [0.5, 0.6) is 0 Å². The molecule has 1 aliphatic heterocycles. The van der Waals surface area contributed by atoms with Crippen LogP contribution in [0.2, 0.25) is 0 Å². The van der Waals surface area contributed by atoms with Crippen LogP contribution in [-0.2, 0) is 16.6 Å². The predicted molar refractivity (Wildman–Crippen MR) is 74.2 cm³/mol. The Bertz CT molecular complexity index is 491. The number of rotatable bonds is 4. The van der Waals surface area contributed by atoms with Gasteiger partial charge in [0.1, 0.15) is 0 Å². The standard InChI is InChI=1S/C13H21N3O2S/c1-14-10-12-6-7-13(15-11-12)19(17,18)16-8-4-2-3-5-9-16/h6-7,11,14H,2-5,8-10H2,1H3. The van der Waals surface area contributed by atoms with E-state index in [0.29, 0.717) is 19.6 Å². The predicted octanol–water partition coefficient (Wildman–Crippen LogP) is 1.37. The molecule has 0 spiro atoms. The van der Waals surface area contributed by atoms with Crippen LogP contribution in [0.15, 0.2) is 23.4 Å². The van der Waals surface area contributed by atoms with Crippen LogP contribution in [0.1, 0.15) is 31.2 Å². The average molecular weight is 283 g/mol. The van der Waals surface area contributed by atoms with E-state index >= 15 is 0 Å². The molecule has 1 aromatic heterocycles. The Morgan fingerprint density at radius 1 is 1.21 bits per heavy atom. The first kappa shape index (κ1) is 14.4. The van der Waals surface area contributed by atoms with Crippen LogP contribution in [0.4, 0.5) is 0 Å². The highest BCUT2D eigenvalue weighted by Gasteiger charge is 2.26. The third kappa shape index (κ3) is 3.52. The Morgan fingerprint density at radius 3 is 2.42 bits per heavy atom. The molecule has 0 atom stereocenters. The molecule has 0 unspecified atom stereocenters. The molecule has 106 valence electrons. The van der Waals surface area contributed by atoms with Crippen LogP contribution in [-0.4, -0.2) is 37.8 Å². The van der Waals surface area contributed by atoms with Gasteiger partial charge in [-0.15, -0.1) is 0 Å². The van der Waals surface area contributed by atoms with E-state index in [1.165, 1.54) is 0 Å². The lowest BCUT2D eigenvalue weighted by Gasteiger charge is -2.19. The van der Waals surface area contributed by atoms with Gasteiger partial charge >= 0.3 is 0 Å². The van der Waals surface area contributed by atoms with E-state index in [9.17, 15) is 8.42 Å². The second kappa shape index (κ2) is 6.45. The minimum Gasteiger partial charge on any atom is -0.316 e. The molecule has 1 N–H and O–H groups in total. The molecule has 5 nitrogen and oxygen atoms in total. The first-order chi connectivity index (χ1) is 9.14. The number of hydrogen-bond donors (Lipinski definition) is 1. The van der Waals surface area contributed by atoms with Crippen molar-refractivity contribution < 1.29 is 8.42 Å². The van der Waals surface area contributed by atoms with Crippen molar-refractivity contribution in [1.82, 2.24) is 14.6 Å². The summed E-state index contributed by atoms with van der Waals surface area (Å²) in [5.74, 6) is 0. The largest absolute Gasteiger partial charge is 0.316 e. The van der Waals surface area contributed by atoms with E-state index in [1.807, 2.05) is 13.1 Å². The molecule has 0 radical (unpaired) electrons. The zero-order valence-electron chi connectivity index (χ0n) is 11.3. The molecule has 2 rings (SSSR count). The third-order valence-corrected chi connectivity index (χ3v) is 5.16. The second-order valence-electron chi connectivity index (χ2n) is 4.85. The van der Waals surface area contributed by atoms with Crippen LogP contribution in [0.25, 0.3) is 0 Å². The Labute approximate surface area is 115 Å². The summed E-state index contributed by atoms with van der Waals surface area (Å²) in [4.78, 5) is 4.11. The normalized spacial score (nSPS) is 18.2. The Hall–Kier alpha value is -0.980. The lowest BCUT2D eigenvalue weighted by Crippen LogP contribution is -2.32. The molecule has 0 amide bonds. The highest BCUT2D eigenvalue weighted by Crippen LogP contribution is 2.18. The van der Waals surface area contributed by atoms with Gasteiger partial charge < -0.3 is 5.32 Å². The minimum atomic E-state index is -3.42. The van der Waals surface area contributed by atoms with E-state index in [2.05, 4.69) is 10.3 Å². The highest BCUT2D eigenvalue weighted by molar-refractivity contribution is 7.89. The van der Waals surface area contributed by atoms with Gasteiger partial charge in [0.25, 0.3) is 10.0 Å². The Balaban J connectivity index is 2.18. The molecule has 0 aliphatic carbocycles. The summed E-state index contributed by atoms with van der Waals surface area (Å²) in [6, 6.07) is 3.42. The lowest BCUT2D eigenvalue weighted by atomic mass is 10.2. The van der Waals surface area contributed by atoms with Gasteiger partial charge in [-0.05, 0) is 31.5 Å². The summed E-state index contributed by atoms with van der Waals surface area (Å²) in [5, 5.41) is 3.18. The molecule has 0 aromatic carbocycles. The van der Waals surface area contributed by atoms with E-state index < -0.39 is 10.0 Å². The second-order valence-corrected chi connectivity index (χ2v) is 6.74. The van der Waals surface area contributed by atoms with Crippen molar-refractivity contribution in [3.63, 3.8) is 0 Å². The molecular formula is C13H21N3O2S. The molecule has 0 saturated carbocycles. The molecule has 19 heavy (non-hydrogen) atoms. The van der Waals surface area contributed by atoms with Gasteiger partial charge in [-0.25, -0.2) is 13.4 Å². The maximum atomic E-state index is 12.5. The van der Waals surface area contributed by atoms with Crippen molar-refractivity contribution in [2.75, 3.05) is 20.1 Å². The molecule has 0 bridgehead atoms. The molecule has 1 aromatic rings. The van der Waals surface area contributed by atoms with Crippen LogP contribution in [0, 0.1) is 0 Å². The first-order valence-corrected chi connectivity index (χ1v) is 8.18. The third-order valence-electron chi connectivity index (χ3n) is 3.35. The molecule has 1 saturated heterocycles. The maximum absolute atomic E-state index is 12.5. The zero-order valence-corrected chi connectivity index (χ0v) is 12.1. The Morgan fingerprint density at radius 2 is 1.89 bits per heavy atom. The lowest BCUT2D eigenvalue weighted by molar-refractivity contribution is 0.421. The first-order valence-electron chi connectivity index (χ1n) is 6.74. The van der Waals surface area contributed by atoms with Crippen molar-refractivity contribution in [3.8, 4) is 0 Å². The van der Waals surface area contributed by atoms with Crippen LogP contribution >= 0.6 is 0 Å². The SMILES string of the molecule is CNCc1ccc(S(=O)(=O)N2CCCCCC2)nc1. The number of aromatic nitrogens is 1. The van der Waals surface area contributed by atoms with E-state index in [0.717, 1.165) is 31.2 Å². The van der Waals surface area contributed by atoms with Gasteiger partial charge in [-0.3, -0.25) is 0 Å². The van der Waals surface area contributed by atoms with E-state index in [-0.39, 0.29) is 5.03 Å². The number of hydrogen-bond acceptors (Lipinski definition) is 4. The molecule has 2 heterocycles. The number of nitrogens with zero attached hydrogens (tertiary/aromatic N) is 2. The van der Waals surface area contributed by atoms with Gasteiger partial charge in [0, 0.05) is 25.8 Å². The summed E-state index contributed by atoms with van der Waals surface area (Å²) < 4.78 is 26.5. The fourth-order valence-corrected chi connectivity index (χ4v) is 3.72. The van der Waals surface area contributed by atoms with Crippen molar-refractivity contribution in [2.45, 2.75) is 37.3 Å². The highest BCUT2D eigenvalue weighted by atomic mass is 32.2. The molecule has 1 fully saturated rings. The smallest absolute Gasteiger partial charge is 0.260 e. The summed E-state index contributed by atoms with van der Waals surface area (Å²) in [5.41, 5.74) is 0.984. The molecule has 6 heteroatoms. The van der Waals surface area contributed by atoms with Crippen molar-refractivity contribution in [2.24, 2.45) is 0 Å². The van der Waals surface area contributed by atoms with E-state index in [4.69, 9.17) is 0 Å². The topological polar surface area (TPSA) is 62.3 Å². The zero-order chi connectivity index (χ0) is 13.7. The maximum Gasteiger partial charge on any atom is 0.260 e. The van der Waals surface area contributed by atoms with E-state index in [1.54, 1.807) is 16.6 Å². The van der Waals surface area contributed by atoms with Gasteiger partial charge in [0.15, 0.2) is 5.03 Å². The van der Waals surface area contributed by atoms with Gasteiger partial charge in [-0.2, -0.15) is 4.31 Å². The fourth-order valence-electron chi connectivity index (χ4n) is 2.29. The van der Waals surface area contributed by atoms with Gasteiger partial charge in [0.2, 0.25) is 0 Å². The number of sulfonamides is 1. The van der Waals surface area contributed by atoms with Gasteiger partial charge in [0.05, 0.1) is 0 Å². The van der Waals surface area contributed by atoms with Crippen molar-refractivity contribution in [1.29, 1.82) is 0 Å². The van der Waals surface area contributed by atoms with Crippen LogP contribution in [0.3, 0.4) is 0 Å². The van der Waals surface area contributed by atoms with Crippen molar-refractivity contribution in [3.05, 3.63) is 23.9 Å². The number of nitrogens with one attached hydrogen (secondary N) is 1. The average Bonchev–Trinajstić information content (AvgIpc) is 2.69. The summed E-state index contributed by atoms with van der Waals surface area (Å²) in [6.07, 6.45) is 5.73. The summed E-state index contributed by atoms with van der Waals surface area (Å²) >= 11 is 0. The molecular weight excluding hydrogens is 262 g/mol. The fraction of sp³-hybridized carbons (Fsp3) is 0.615. The molecule has 1 aliphatic rings. The minimum absolute atomic E-state index is 0.161. The monoisotopic (exact) mass is 283 g/mol. The summed E-state index contributed by atoms with van der Waals surface area (Å²) in [6.45, 7) is 1.92.